The number of alkyl carbamates (subject to hydrolysis) is 1. The van der Waals surface area contributed by atoms with Crippen molar-refractivity contribution in [1.82, 2.24) is 20.9 Å². The number of rotatable bonds is 6. The second kappa shape index (κ2) is 13.2. The first-order chi connectivity index (χ1) is 13.8. The maximum atomic E-state index is 12.7. The van der Waals surface area contributed by atoms with Gasteiger partial charge in [0.15, 0.2) is 5.96 Å². The third-order valence-electron chi connectivity index (χ3n) is 5.33. The Labute approximate surface area is 198 Å². The van der Waals surface area contributed by atoms with E-state index in [4.69, 9.17) is 4.74 Å². The number of amides is 2. The minimum absolute atomic E-state index is 0. The van der Waals surface area contributed by atoms with Gasteiger partial charge in [0.25, 0.3) is 0 Å². The highest BCUT2D eigenvalue weighted by molar-refractivity contribution is 14.0. The third kappa shape index (κ3) is 9.70. The molecule has 1 unspecified atom stereocenters. The maximum absolute atomic E-state index is 12.7. The lowest BCUT2D eigenvalue weighted by atomic mass is 9.88. The molecule has 0 aromatic heterocycles. The van der Waals surface area contributed by atoms with Crippen molar-refractivity contribution >= 4 is 41.9 Å². The first kappa shape index (κ1) is 26.8. The third-order valence-corrected chi connectivity index (χ3v) is 5.33. The molecule has 2 amide bonds. The fraction of sp³-hybridized carbons (Fsp3) is 0.857. The van der Waals surface area contributed by atoms with Crippen molar-refractivity contribution in [2.75, 3.05) is 33.2 Å². The van der Waals surface area contributed by atoms with Gasteiger partial charge in [0, 0.05) is 45.2 Å². The summed E-state index contributed by atoms with van der Waals surface area (Å²) in [7, 11) is 1.74. The summed E-state index contributed by atoms with van der Waals surface area (Å²) in [6.45, 7) is 8.32. The Balaban J connectivity index is 0.00000450. The van der Waals surface area contributed by atoms with Crippen LogP contribution in [0.15, 0.2) is 4.99 Å². The summed E-state index contributed by atoms with van der Waals surface area (Å²) >= 11 is 0. The molecule has 1 aliphatic heterocycles. The molecule has 3 N–H and O–H groups in total. The molecule has 1 saturated heterocycles. The number of ether oxygens (including phenoxy) is 1. The van der Waals surface area contributed by atoms with Crippen LogP contribution in [0.1, 0.15) is 65.7 Å². The Morgan fingerprint density at radius 2 is 1.73 bits per heavy atom. The number of hydrogen-bond acceptors (Lipinski definition) is 4. The molecule has 2 aliphatic rings. The Morgan fingerprint density at radius 3 is 2.37 bits per heavy atom. The van der Waals surface area contributed by atoms with E-state index in [0.717, 1.165) is 44.7 Å². The number of carbonyl (C=O) groups is 2. The fourth-order valence-electron chi connectivity index (χ4n) is 3.87. The molecule has 0 aromatic rings. The topological polar surface area (TPSA) is 95.1 Å². The fourth-order valence-corrected chi connectivity index (χ4v) is 3.87. The Bertz CT molecular complexity index is 573. The van der Waals surface area contributed by atoms with Crippen LogP contribution in [0.2, 0.25) is 0 Å². The molecule has 1 aliphatic carbocycles. The average molecular weight is 537 g/mol. The number of halogens is 1. The SMILES string of the molecule is CN=C(NCCCNC(=O)OC(C)(C)C)NC1CCN(C(=O)C2CCCCC2)C1.I. The summed E-state index contributed by atoms with van der Waals surface area (Å²) in [6, 6.07) is 0.230. The number of carbonyl (C=O) groups excluding carboxylic acids is 2. The first-order valence-electron chi connectivity index (χ1n) is 11.0. The van der Waals surface area contributed by atoms with E-state index in [1.807, 2.05) is 25.7 Å². The van der Waals surface area contributed by atoms with E-state index in [0.29, 0.717) is 19.0 Å². The number of aliphatic imine (C=N–C) groups is 1. The summed E-state index contributed by atoms with van der Waals surface area (Å²) in [5.41, 5.74) is -0.484. The van der Waals surface area contributed by atoms with Crippen LogP contribution >= 0.6 is 24.0 Å². The van der Waals surface area contributed by atoms with E-state index < -0.39 is 11.7 Å². The van der Waals surface area contributed by atoms with Crippen molar-refractivity contribution < 1.29 is 14.3 Å². The molecule has 30 heavy (non-hydrogen) atoms. The van der Waals surface area contributed by atoms with Crippen molar-refractivity contribution in [1.29, 1.82) is 0 Å². The van der Waals surface area contributed by atoms with Crippen LogP contribution in [-0.4, -0.2) is 67.7 Å². The number of likely N-dealkylation sites (tertiary alicyclic amines) is 1. The van der Waals surface area contributed by atoms with Crippen molar-refractivity contribution in [3.8, 4) is 0 Å². The van der Waals surface area contributed by atoms with Gasteiger partial charge in [0.05, 0.1) is 0 Å². The van der Waals surface area contributed by atoms with Crippen molar-refractivity contribution in [3.63, 3.8) is 0 Å². The zero-order chi connectivity index (χ0) is 21.3. The molecule has 8 nitrogen and oxygen atoms in total. The highest BCUT2D eigenvalue weighted by Gasteiger charge is 2.31. The molecular formula is C21H40IN5O3. The number of guanidine groups is 1. The van der Waals surface area contributed by atoms with Crippen molar-refractivity contribution in [3.05, 3.63) is 0 Å². The zero-order valence-electron chi connectivity index (χ0n) is 19.0. The number of nitrogens with zero attached hydrogens (tertiary/aromatic N) is 2. The lowest BCUT2D eigenvalue weighted by molar-refractivity contribution is -0.135. The predicted molar refractivity (Wildman–Crippen MR) is 130 cm³/mol. The first-order valence-corrected chi connectivity index (χ1v) is 11.0. The molecule has 174 valence electrons. The molecule has 9 heteroatoms. The Hall–Kier alpha value is -1.26. The minimum Gasteiger partial charge on any atom is -0.444 e. The smallest absolute Gasteiger partial charge is 0.407 e. The molecule has 0 radical (unpaired) electrons. The molecule has 0 bridgehead atoms. The molecule has 0 aromatic carbocycles. The Morgan fingerprint density at radius 1 is 1.07 bits per heavy atom. The zero-order valence-corrected chi connectivity index (χ0v) is 21.3. The lowest BCUT2D eigenvalue weighted by Gasteiger charge is -2.26. The summed E-state index contributed by atoms with van der Waals surface area (Å²) in [6.07, 6.45) is 7.05. The predicted octanol–water partition coefficient (Wildman–Crippen LogP) is 2.87. The standard InChI is InChI=1S/C21H39N5O3.HI/c1-21(2,3)29-20(28)24-13-8-12-23-19(22-4)25-17-11-14-26(15-17)18(27)16-9-6-5-7-10-16;/h16-17H,5-15H2,1-4H3,(H,24,28)(H2,22,23,25);1H. The van der Waals surface area contributed by atoms with Gasteiger partial charge in [-0.25, -0.2) is 4.79 Å². The maximum Gasteiger partial charge on any atom is 0.407 e. The second-order valence-corrected chi connectivity index (χ2v) is 9.03. The van der Waals surface area contributed by atoms with Gasteiger partial charge in [-0.3, -0.25) is 9.79 Å². The van der Waals surface area contributed by atoms with E-state index in [9.17, 15) is 9.59 Å². The number of hydrogen-bond donors (Lipinski definition) is 3. The summed E-state index contributed by atoms with van der Waals surface area (Å²) in [4.78, 5) is 30.6. The van der Waals surface area contributed by atoms with E-state index in [1.165, 1.54) is 19.3 Å². The van der Waals surface area contributed by atoms with Gasteiger partial charge in [0.2, 0.25) is 5.91 Å². The second-order valence-electron chi connectivity index (χ2n) is 9.03. The van der Waals surface area contributed by atoms with Gasteiger partial charge in [0.1, 0.15) is 5.60 Å². The average Bonchev–Trinajstić information content (AvgIpc) is 3.14. The highest BCUT2D eigenvalue weighted by atomic mass is 127. The van der Waals surface area contributed by atoms with Crippen molar-refractivity contribution in [2.24, 2.45) is 10.9 Å². The molecule has 1 heterocycles. The van der Waals surface area contributed by atoms with Crippen LogP contribution in [0.3, 0.4) is 0 Å². The van der Waals surface area contributed by atoms with Crippen LogP contribution in [0, 0.1) is 5.92 Å². The summed E-state index contributed by atoms with van der Waals surface area (Å²) in [5, 5.41) is 9.43. The van der Waals surface area contributed by atoms with Crippen LogP contribution in [0.25, 0.3) is 0 Å². The lowest BCUT2D eigenvalue weighted by Crippen LogP contribution is -2.46. The monoisotopic (exact) mass is 537 g/mol. The van der Waals surface area contributed by atoms with Gasteiger partial charge in [-0.2, -0.15) is 0 Å². The molecule has 1 atom stereocenters. The van der Waals surface area contributed by atoms with Crippen LogP contribution in [0.5, 0.6) is 0 Å². The van der Waals surface area contributed by atoms with Crippen molar-refractivity contribution in [2.45, 2.75) is 77.4 Å². The summed E-state index contributed by atoms with van der Waals surface area (Å²) < 4.78 is 5.21. The molecule has 2 rings (SSSR count). The van der Waals surface area contributed by atoms with Crippen LogP contribution in [0.4, 0.5) is 4.79 Å². The Kier molecular flexibility index (Phi) is 11.8. The minimum atomic E-state index is -0.484. The van der Waals surface area contributed by atoms with E-state index in [2.05, 4.69) is 20.9 Å². The number of nitrogens with one attached hydrogen (secondary N) is 3. The largest absolute Gasteiger partial charge is 0.444 e. The van der Waals surface area contributed by atoms with Gasteiger partial charge in [-0.1, -0.05) is 19.3 Å². The quantitative estimate of drug-likeness (QED) is 0.210. The normalized spacial score (nSPS) is 20.3. The van der Waals surface area contributed by atoms with Gasteiger partial charge in [-0.05, 0) is 46.5 Å². The molecular weight excluding hydrogens is 497 g/mol. The van der Waals surface area contributed by atoms with Gasteiger partial charge >= 0.3 is 6.09 Å². The van der Waals surface area contributed by atoms with Gasteiger partial charge < -0.3 is 25.6 Å². The molecule has 1 saturated carbocycles. The van der Waals surface area contributed by atoms with Gasteiger partial charge in [-0.15, -0.1) is 24.0 Å². The molecule has 0 spiro atoms. The molecule has 2 fully saturated rings. The highest BCUT2D eigenvalue weighted by Crippen LogP contribution is 2.26. The van der Waals surface area contributed by atoms with Crippen LogP contribution in [-0.2, 0) is 9.53 Å². The summed E-state index contributed by atoms with van der Waals surface area (Å²) in [5.74, 6) is 1.31. The van der Waals surface area contributed by atoms with E-state index in [1.54, 1.807) is 7.05 Å². The van der Waals surface area contributed by atoms with E-state index >= 15 is 0 Å². The van der Waals surface area contributed by atoms with Crippen LogP contribution < -0.4 is 16.0 Å². The van der Waals surface area contributed by atoms with E-state index in [-0.39, 0.29) is 35.9 Å².